The molecule has 0 aromatic carbocycles. The van der Waals surface area contributed by atoms with Gasteiger partial charge in [0, 0.05) is 25.2 Å². The first-order chi connectivity index (χ1) is 9.17. The molecule has 19 heavy (non-hydrogen) atoms. The van der Waals surface area contributed by atoms with E-state index < -0.39 is 0 Å². The van der Waals surface area contributed by atoms with Gasteiger partial charge < -0.3 is 15.5 Å². The molecule has 0 unspecified atom stereocenters. The summed E-state index contributed by atoms with van der Waals surface area (Å²) in [6.07, 6.45) is 7.44. The summed E-state index contributed by atoms with van der Waals surface area (Å²) >= 11 is 0. The van der Waals surface area contributed by atoms with Crippen molar-refractivity contribution in [2.24, 2.45) is 0 Å². The minimum Gasteiger partial charge on any atom is -0.352 e. The largest absolute Gasteiger partial charge is 0.352 e. The van der Waals surface area contributed by atoms with Crippen LogP contribution in [0.3, 0.4) is 0 Å². The van der Waals surface area contributed by atoms with Gasteiger partial charge in [0.1, 0.15) is 0 Å². The van der Waals surface area contributed by atoms with Gasteiger partial charge in [-0.05, 0) is 32.7 Å². The Bertz CT molecular complexity index is 248. The smallest absolute Gasteiger partial charge is 0.234 e. The Labute approximate surface area is 118 Å². The second-order valence-electron chi connectivity index (χ2n) is 5.68. The molecular formula is C15H31N3O. The van der Waals surface area contributed by atoms with E-state index in [9.17, 15) is 4.79 Å². The molecule has 0 spiro atoms. The number of carbonyl (C=O) groups is 1. The molecule has 1 aliphatic rings. The van der Waals surface area contributed by atoms with Crippen LogP contribution in [0, 0.1) is 0 Å². The van der Waals surface area contributed by atoms with Crippen LogP contribution in [0.4, 0.5) is 0 Å². The zero-order valence-corrected chi connectivity index (χ0v) is 12.9. The average molecular weight is 269 g/mol. The summed E-state index contributed by atoms with van der Waals surface area (Å²) in [5.74, 6) is 0.122. The highest BCUT2D eigenvalue weighted by Gasteiger charge is 2.18. The summed E-state index contributed by atoms with van der Waals surface area (Å²) in [5, 5.41) is 6.28. The predicted molar refractivity (Wildman–Crippen MR) is 80.3 cm³/mol. The lowest BCUT2D eigenvalue weighted by atomic mass is 10.2. The second-order valence-corrected chi connectivity index (χ2v) is 5.68. The van der Waals surface area contributed by atoms with E-state index in [1.165, 1.54) is 25.7 Å². The molecule has 112 valence electrons. The van der Waals surface area contributed by atoms with E-state index in [0.717, 1.165) is 32.0 Å². The van der Waals surface area contributed by atoms with Gasteiger partial charge in [0.05, 0.1) is 6.54 Å². The summed E-state index contributed by atoms with van der Waals surface area (Å²) in [5.41, 5.74) is 0. The fourth-order valence-corrected chi connectivity index (χ4v) is 2.76. The van der Waals surface area contributed by atoms with Crippen LogP contribution in [-0.2, 0) is 4.79 Å². The Morgan fingerprint density at radius 2 is 1.89 bits per heavy atom. The monoisotopic (exact) mass is 269 g/mol. The van der Waals surface area contributed by atoms with Crippen molar-refractivity contribution in [2.75, 3.05) is 26.7 Å². The van der Waals surface area contributed by atoms with Crippen molar-refractivity contribution in [3.63, 3.8) is 0 Å². The first-order valence-corrected chi connectivity index (χ1v) is 7.87. The molecule has 4 nitrogen and oxygen atoms in total. The Hall–Kier alpha value is -0.610. The number of likely N-dealkylation sites (N-methyl/N-ethyl adjacent to an activating group) is 1. The summed E-state index contributed by atoms with van der Waals surface area (Å²) in [7, 11) is 2.20. The van der Waals surface area contributed by atoms with E-state index in [4.69, 9.17) is 0 Å². The summed E-state index contributed by atoms with van der Waals surface area (Å²) in [4.78, 5) is 14.1. The summed E-state index contributed by atoms with van der Waals surface area (Å²) < 4.78 is 0. The molecule has 0 aromatic rings. The number of hydrogen-bond acceptors (Lipinski definition) is 3. The molecule has 2 N–H and O–H groups in total. The number of hydrogen-bond donors (Lipinski definition) is 2. The quantitative estimate of drug-likeness (QED) is 0.627. The van der Waals surface area contributed by atoms with Crippen LogP contribution in [0.5, 0.6) is 0 Å². The third kappa shape index (κ3) is 6.39. The van der Waals surface area contributed by atoms with Crippen molar-refractivity contribution < 1.29 is 4.79 Å². The van der Waals surface area contributed by atoms with Crippen LogP contribution in [0.1, 0.15) is 52.4 Å². The van der Waals surface area contributed by atoms with E-state index >= 15 is 0 Å². The van der Waals surface area contributed by atoms with E-state index in [2.05, 4.69) is 36.4 Å². The number of rotatable bonds is 9. The van der Waals surface area contributed by atoms with E-state index in [1.807, 2.05) is 0 Å². The number of amides is 1. The van der Waals surface area contributed by atoms with Crippen molar-refractivity contribution in [1.29, 1.82) is 0 Å². The maximum absolute atomic E-state index is 11.7. The zero-order valence-electron chi connectivity index (χ0n) is 12.9. The first kappa shape index (κ1) is 16.4. The van der Waals surface area contributed by atoms with Crippen LogP contribution in [-0.4, -0.2) is 49.6 Å². The van der Waals surface area contributed by atoms with Gasteiger partial charge in [-0.25, -0.2) is 0 Å². The Kier molecular flexibility index (Phi) is 8.07. The van der Waals surface area contributed by atoms with Gasteiger partial charge in [-0.15, -0.1) is 0 Å². The van der Waals surface area contributed by atoms with Crippen molar-refractivity contribution in [3.8, 4) is 0 Å². The van der Waals surface area contributed by atoms with Gasteiger partial charge in [0.25, 0.3) is 0 Å². The molecule has 0 aliphatic heterocycles. The number of nitrogens with zero attached hydrogens (tertiary/aromatic N) is 1. The number of nitrogens with one attached hydrogen (secondary N) is 2. The highest BCUT2D eigenvalue weighted by Crippen LogP contribution is 2.21. The van der Waals surface area contributed by atoms with Crippen molar-refractivity contribution >= 4 is 5.91 Å². The van der Waals surface area contributed by atoms with Crippen molar-refractivity contribution in [2.45, 2.75) is 64.5 Å². The molecule has 0 heterocycles. The van der Waals surface area contributed by atoms with Gasteiger partial charge in [-0.1, -0.05) is 26.7 Å². The standard InChI is InChI=1S/C15H31N3O/c1-4-13(5-2)17-15(19)12-16-10-11-18(3)14-8-6-7-9-14/h13-14,16H,4-12H2,1-3H3,(H,17,19). The molecule has 0 aromatic heterocycles. The van der Waals surface area contributed by atoms with Gasteiger partial charge in [-0.3, -0.25) is 4.79 Å². The van der Waals surface area contributed by atoms with Crippen molar-refractivity contribution in [3.05, 3.63) is 0 Å². The van der Waals surface area contributed by atoms with Gasteiger partial charge in [0.15, 0.2) is 0 Å². The maximum atomic E-state index is 11.7. The molecule has 0 bridgehead atoms. The molecule has 4 heteroatoms. The van der Waals surface area contributed by atoms with Gasteiger partial charge in [0.2, 0.25) is 5.91 Å². The highest BCUT2D eigenvalue weighted by molar-refractivity contribution is 5.78. The molecule has 1 saturated carbocycles. The Balaban J connectivity index is 2.04. The van der Waals surface area contributed by atoms with Crippen LogP contribution < -0.4 is 10.6 Å². The fraction of sp³-hybridized carbons (Fsp3) is 0.933. The van der Waals surface area contributed by atoms with E-state index in [1.54, 1.807) is 0 Å². The minimum atomic E-state index is 0.122. The topological polar surface area (TPSA) is 44.4 Å². The van der Waals surface area contributed by atoms with Crippen LogP contribution in [0.15, 0.2) is 0 Å². The minimum absolute atomic E-state index is 0.122. The fourth-order valence-electron chi connectivity index (χ4n) is 2.76. The van der Waals surface area contributed by atoms with Crippen LogP contribution in [0.2, 0.25) is 0 Å². The molecule has 0 radical (unpaired) electrons. The predicted octanol–water partition coefficient (Wildman–Crippen LogP) is 1.76. The molecule has 1 fully saturated rings. The second kappa shape index (κ2) is 9.32. The van der Waals surface area contributed by atoms with E-state index in [-0.39, 0.29) is 5.91 Å². The molecule has 1 aliphatic carbocycles. The summed E-state index contributed by atoms with van der Waals surface area (Å²) in [6.45, 7) is 6.58. The molecule has 1 amide bonds. The van der Waals surface area contributed by atoms with Crippen molar-refractivity contribution in [1.82, 2.24) is 15.5 Å². The molecule has 1 rings (SSSR count). The van der Waals surface area contributed by atoms with Crippen LogP contribution in [0.25, 0.3) is 0 Å². The Morgan fingerprint density at radius 3 is 2.47 bits per heavy atom. The third-order valence-electron chi connectivity index (χ3n) is 4.23. The van der Waals surface area contributed by atoms with E-state index in [0.29, 0.717) is 12.6 Å². The SMILES string of the molecule is CCC(CC)NC(=O)CNCCN(C)C1CCCC1. The lowest BCUT2D eigenvalue weighted by Crippen LogP contribution is -2.42. The van der Waals surface area contributed by atoms with Gasteiger partial charge >= 0.3 is 0 Å². The van der Waals surface area contributed by atoms with Crippen LogP contribution >= 0.6 is 0 Å². The molecule has 0 atom stereocenters. The lowest BCUT2D eigenvalue weighted by molar-refractivity contribution is -0.121. The average Bonchev–Trinajstić information content (AvgIpc) is 2.94. The zero-order chi connectivity index (χ0) is 14.1. The summed E-state index contributed by atoms with van der Waals surface area (Å²) in [6, 6.07) is 1.09. The normalized spacial score (nSPS) is 16.5. The maximum Gasteiger partial charge on any atom is 0.234 e. The lowest BCUT2D eigenvalue weighted by Gasteiger charge is -2.24. The Morgan fingerprint density at radius 1 is 1.26 bits per heavy atom. The highest BCUT2D eigenvalue weighted by atomic mass is 16.1. The third-order valence-corrected chi connectivity index (χ3v) is 4.23. The first-order valence-electron chi connectivity index (χ1n) is 7.87. The molecular weight excluding hydrogens is 238 g/mol. The molecule has 0 saturated heterocycles. The van der Waals surface area contributed by atoms with Gasteiger partial charge in [-0.2, -0.15) is 0 Å². The number of carbonyl (C=O) groups excluding carboxylic acids is 1.